The van der Waals surface area contributed by atoms with Gasteiger partial charge in [0.1, 0.15) is 0 Å². The number of halogens is 1. The van der Waals surface area contributed by atoms with E-state index in [9.17, 15) is 14.4 Å². The molecule has 0 aromatic heterocycles. The molecule has 1 N–H and O–H groups in total. The third-order valence-corrected chi connectivity index (χ3v) is 3.54. The molecule has 2 rings (SSSR count). The maximum absolute atomic E-state index is 11.8. The number of carbonyl (C=O) groups excluding carboxylic acids is 3. The number of carbonyl (C=O) groups is 3. The van der Waals surface area contributed by atoms with Crippen molar-refractivity contribution in [3.05, 3.63) is 40.0 Å². The van der Waals surface area contributed by atoms with E-state index in [4.69, 9.17) is 9.47 Å². The number of cyclic esters (lactones) is 2. The number of nitrogens with one attached hydrogen (secondary N) is 1. The minimum atomic E-state index is -1.28. The van der Waals surface area contributed by atoms with E-state index in [1.165, 1.54) is 33.2 Å². The Morgan fingerprint density at radius 2 is 1.87 bits per heavy atom. The van der Waals surface area contributed by atoms with Crippen LogP contribution in [0.3, 0.4) is 0 Å². The Morgan fingerprint density at radius 3 is 2.39 bits per heavy atom. The summed E-state index contributed by atoms with van der Waals surface area (Å²) in [6.45, 7) is 2.93. The number of methoxy groups -OCH3 is 1. The molecule has 7 nitrogen and oxygen atoms in total. The predicted molar refractivity (Wildman–Crippen MR) is 83.5 cm³/mol. The van der Waals surface area contributed by atoms with Gasteiger partial charge in [0, 0.05) is 24.5 Å². The van der Waals surface area contributed by atoms with Crippen molar-refractivity contribution in [2.75, 3.05) is 12.4 Å². The van der Waals surface area contributed by atoms with Crippen molar-refractivity contribution in [2.24, 2.45) is 0 Å². The van der Waals surface area contributed by atoms with Crippen LogP contribution in [-0.4, -0.2) is 30.8 Å². The van der Waals surface area contributed by atoms with Crippen molar-refractivity contribution in [3.8, 4) is 0 Å². The normalized spacial score (nSPS) is 16.3. The van der Waals surface area contributed by atoms with Gasteiger partial charge in [0.25, 0.3) is 5.79 Å². The highest BCUT2D eigenvalue weighted by Gasteiger charge is 2.38. The standard InChI is InChI=1S/C15H14BrNO6/c1-15(2)22-13(19)9(14(20)23-15)7-17-11-5-4-8(6-10(11)16)12(18)21-3/h4-7,17H,1-3H3. The quantitative estimate of drug-likeness (QED) is 0.486. The van der Waals surface area contributed by atoms with Gasteiger partial charge < -0.3 is 19.5 Å². The molecule has 8 heteroatoms. The second-order valence-electron chi connectivity index (χ2n) is 5.07. The number of rotatable bonds is 3. The fourth-order valence-corrected chi connectivity index (χ4v) is 2.30. The van der Waals surface area contributed by atoms with Crippen LogP contribution >= 0.6 is 15.9 Å². The smallest absolute Gasteiger partial charge is 0.350 e. The van der Waals surface area contributed by atoms with E-state index in [0.29, 0.717) is 15.7 Å². The number of ether oxygens (including phenoxy) is 3. The molecule has 1 saturated heterocycles. The number of esters is 3. The summed E-state index contributed by atoms with van der Waals surface area (Å²) in [5.74, 6) is -3.31. The zero-order chi connectivity index (χ0) is 17.2. The van der Waals surface area contributed by atoms with Crippen LogP contribution in [0, 0.1) is 0 Å². The SMILES string of the molecule is COC(=O)c1ccc(NC=C2C(=O)OC(C)(C)OC2=O)c(Br)c1. The molecule has 0 saturated carbocycles. The molecule has 0 atom stereocenters. The number of hydrogen-bond acceptors (Lipinski definition) is 7. The van der Waals surface area contributed by atoms with Gasteiger partial charge in [-0.15, -0.1) is 0 Å². The molecule has 23 heavy (non-hydrogen) atoms. The molecule has 0 radical (unpaired) electrons. The first kappa shape index (κ1) is 17.0. The Balaban J connectivity index is 2.18. The predicted octanol–water partition coefficient (Wildman–Crippen LogP) is 2.37. The van der Waals surface area contributed by atoms with E-state index in [1.54, 1.807) is 12.1 Å². The fraction of sp³-hybridized carbons (Fsp3) is 0.267. The fourth-order valence-electron chi connectivity index (χ4n) is 1.81. The Hall–Kier alpha value is -2.35. The zero-order valence-corrected chi connectivity index (χ0v) is 14.2. The molecule has 1 aromatic rings. The lowest BCUT2D eigenvalue weighted by Gasteiger charge is -2.29. The van der Waals surface area contributed by atoms with Crippen molar-refractivity contribution in [3.63, 3.8) is 0 Å². The highest BCUT2D eigenvalue weighted by atomic mass is 79.9. The number of hydrogen-bond donors (Lipinski definition) is 1. The number of anilines is 1. The second kappa shape index (κ2) is 6.41. The molecule has 0 amide bonds. The Bertz CT molecular complexity index is 688. The Morgan fingerprint density at radius 1 is 1.26 bits per heavy atom. The van der Waals surface area contributed by atoms with Gasteiger partial charge in [-0.3, -0.25) is 0 Å². The van der Waals surface area contributed by atoms with Crippen LogP contribution in [-0.2, 0) is 23.8 Å². The van der Waals surface area contributed by atoms with Gasteiger partial charge in [0.05, 0.1) is 18.4 Å². The molecule has 1 heterocycles. The average molecular weight is 384 g/mol. The van der Waals surface area contributed by atoms with E-state index < -0.39 is 23.7 Å². The van der Waals surface area contributed by atoms with E-state index in [0.717, 1.165) is 0 Å². The van der Waals surface area contributed by atoms with Gasteiger partial charge in [0.15, 0.2) is 5.57 Å². The van der Waals surface area contributed by atoms with Crippen LogP contribution in [0.15, 0.2) is 34.4 Å². The number of benzene rings is 1. The van der Waals surface area contributed by atoms with Gasteiger partial charge in [0.2, 0.25) is 0 Å². The lowest BCUT2D eigenvalue weighted by Crippen LogP contribution is -2.42. The minimum Gasteiger partial charge on any atom is -0.465 e. The van der Waals surface area contributed by atoms with Gasteiger partial charge in [-0.2, -0.15) is 0 Å². The van der Waals surface area contributed by atoms with Gasteiger partial charge >= 0.3 is 17.9 Å². The monoisotopic (exact) mass is 383 g/mol. The summed E-state index contributed by atoms with van der Waals surface area (Å²) in [5, 5.41) is 2.79. The van der Waals surface area contributed by atoms with Crippen molar-refractivity contribution < 1.29 is 28.6 Å². The average Bonchev–Trinajstić information content (AvgIpc) is 2.45. The molecule has 122 valence electrons. The topological polar surface area (TPSA) is 90.9 Å². The summed E-state index contributed by atoms with van der Waals surface area (Å²) < 4.78 is 15.1. The minimum absolute atomic E-state index is 0.256. The first-order chi connectivity index (χ1) is 10.7. The highest BCUT2D eigenvalue weighted by molar-refractivity contribution is 9.10. The largest absolute Gasteiger partial charge is 0.465 e. The van der Waals surface area contributed by atoms with Crippen LogP contribution in [0.2, 0.25) is 0 Å². The molecular weight excluding hydrogens is 370 g/mol. The lowest BCUT2D eigenvalue weighted by atomic mass is 10.2. The lowest BCUT2D eigenvalue weighted by molar-refractivity contribution is -0.222. The summed E-state index contributed by atoms with van der Waals surface area (Å²) in [7, 11) is 1.29. The van der Waals surface area contributed by atoms with Crippen LogP contribution in [0.4, 0.5) is 5.69 Å². The van der Waals surface area contributed by atoms with Crippen molar-refractivity contribution >= 4 is 39.5 Å². The molecule has 0 aliphatic carbocycles. The molecule has 0 spiro atoms. The van der Waals surface area contributed by atoms with Crippen LogP contribution < -0.4 is 5.32 Å². The maximum atomic E-state index is 11.8. The van der Waals surface area contributed by atoms with Crippen molar-refractivity contribution in [1.29, 1.82) is 0 Å². The third kappa shape index (κ3) is 3.89. The molecule has 0 unspecified atom stereocenters. The van der Waals surface area contributed by atoms with Gasteiger partial charge in [-0.1, -0.05) is 0 Å². The third-order valence-electron chi connectivity index (χ3n) is 2.88. The van der Waals surface area contributed by atoms with Crippen LogP contribution in [0.5, 0.6) is 0 Å². The molecule has 1 aliphatic rings. The Labute approximate surface area is 140 Å². The van der Waals surface area contributed by atoms with E-state index >= 15 is 0 Å². The van der Waals surface area contributed by atoms with Gasteiger partial charge in [-0.25, -0.2) is 14.4 Å². The summed E-state index contributed by atoms with van der Waals surface area (Å²) >= 11 is 3.29. The van der Waals surface area contributed by atoms with Crippen LogP contribution in [0.1, 0.15) is 24.2 Å². The zero-order valence-electron chi connectivity index (χ0n) is 12.6. The summed E-state index contributed by atoms with van der Waals surface area (Å²) in [4.78, 5) is 35.0. The van der Waals surface area contributed by atoms with Crippen molar-refractivity contribution in [1.82, 2.24) is 0 Å². The van der Waals surface area contributed by atoms with Crippen LogP contribution in [0.25, 0.3) is 0 Å². The van der Waals surface area contributed by atoms with E-state index in [-0.39, 0.29) is 5.57 Å². The van der Waals surface area contributed by atoms with Gasteiger partial charge in [-0.05, 0) is 34.1 Å². The first-order valence-electron chi connectivity index (χ1n) is 6.55. The molecule has 1 aliphatic heterocycles. The summed E-state index contributed by atoms with van der Waals surface area (Å²) in [6, 6.07) is 4.68. The summed E-state index contributed by atoms with van der Waals surface area (Å²) in [6.07, 6.45) is 1.19. The van der Waals surface area contributed by atoms with E-state index in [1.807, 2.05) is 0 Å². The highest BCUT2D eigenvalue weighted by Crippen LogP contribution is 2.26. The van der Waals surface area contributed by atoms with E-state index in [2.05, 4.69) is 26.0 Å². The molecular formula is C15H14BrNO6. The second-order valence-corrected chi connectivity index (χ2v) is 5.92. The molecule has 1 fully saturated rings. The molecule has 1 aromatic carbocycles. The summed E-state index contributed by atoms with van der Waals surface area (Å²) in [5.41, 5.74) is 0.639. The molecule has 0 bridgehead atoms. The maximum Gasteiger partial charge on any atom is 0.350 e. The van der Waals surface area contributed by atoms with Crippen molar-refractivity contribution in [2.45, 2.75) is 19.6 Å². The Kier molecular flexibility index (Phi) is 4.74. The first-order valence-corrected chi connectivity index (χ1v) is 7.34.